The molecule has 0 heterocycles. The average Bonchev–Trinajstić information content (AvgIpc) is 2.92. The fraction of sp³-hybridized carbons (Fsp3) is 0.407. The predicted molar refractivity (Wildman–Crippen MR) is 133 cm³/mol. The van der Waals surface area contributed by atoms with Crippen molar-refractivity contribution in [3.05, 3.63) is 100 Å². The van der Waals surface area contributed by atoms with Crippen molar-refractivity contribution in [1.29, 1.82) is 0 Å². The van der Waals surface area contributed by atoms with Crippen LogP contribution in [0.3, 0.4) is 0 Å². The van der Waals surface area contributed by atoms with Gasteiger partial charge in [0.15, 0.2) is 0 Å². The SMILES string of the molecule is [CH2-]O.[CH2-]O.[CH2-]OCC(CO[CH2-])(COCCOCc1ccccc1)COCCOCc1ccccc1.[Rf].[Rf].[Rf].[Rf]. The molecule has 0 aliphatic heterocycles. The van der Waals surface area contributed by atoms with Gasteiger partial charge in [-0.25, -0.2) is 28.4 Å². The van der Waals surface area contributed by atoms with E-state index in [0.717, 1.165) is 11.1 Å². The third-order valence-corrected chi connectivity index (χ3v) is 4.60. The van der Waals surface area contributed by atoms with Crippen LogP contribution in [-0.4, -0.2) is 63.1 Å². The minimum Gasteiger partial charge on any atom is -0.569 e. The van der Waals surface area contributed by atoms with Gasteiger partial charge in [0.05, 0.1) is 58.3 Å². The van der Waals surface area contributed by atoms with Crippen molar-refractivity contribution in [3.63, 3.8) is 0 Å². The van der Waals surface area contributed by atoms with Gasteiger partial charge in [0.25, 0.3) is 0 Å². The standard InChI is InChI=1S/C25H34O6.2CH3O.4Rf/c1-26-19-25(20-27-2,21-30-15-13-28-17-23-9-5-3-6-10-23)22-31-16-14-29-18-24-11-7-4-8-12-24;2*1-2;;;;/h3-12H,1-2,13-22H2;2*2H,1H2;;;;/q-2;2*-1;;;;. The molecule has 2 N–H and O–H groups in total. The molecule has 0 amide bonds. The average molecular weight is 1560 g/mol. The monoisotopic (exact) mass is 1560 g/mol. The smallest absolute Gasteiger partial charge is 0.0718 e. The second-order valence-electron chi connectivity index (χ2n) is 7.38. The Labute approximate surface area is 210 Å². The van der Waals surface area contributed by atoms with E-state index in [4.69, 9.17) is 38.6 Å². The van der Waals surface area contributed by atoms with Crippen LogP contribution < -0.4 is 0 Å². The Morgan fingerprint density at radius 3 is 1.10 bits per heavy atom. The summed E-state index contributed by atoms with van der Waals surface area (Å²) < 4.78 is 33.3. The van der Waals surface area contributed by atoms with Crippen LogP contribution in [0.5, 0.6) is 0 Å². The molecule has 8 nitrogen and oxygen atoms in total. The number of ether oxygens (including phenoxy) is 6. The van der Waals surface area contributed by atoms with E-state index in [1.165, 1.54) is 0 Å². The number of aliphatic hydroxyl groups excluding tert-OH is 2. The van der Waals surface area contributed by atoms with Crippen molar-refractivity contribution in [1.82, 2.24) is 0 Å². The van der Waals surface area contributed by atoms with Crippen LogP contribution in [-0.2, 0) is 41.6 Å². The molecule has 12 heteroatoms. The van der Waals surface area contributed by atoms with Gasteiger partial charge in [-0.15, -0.1) is 0 Å². The zero-order valence-corrected chi connectivity index (χ0v) is 48.9. The third kappa shape index (κ3) is 20.1. The molecule has 0 aliphatic carbocycles. The molecule has 0 bridgehead atoms. The van der Waals surface area contributed by atoms with Gasteiger partial charge in [-0.2, -0.15) is 0 Å². The van der Waals surface area contributed by atoms with E-state index in [1.54, 1.807) is 0 Å². The second-order valence-corrected chi connectivity index (χ2v) is 7.38. The maximum absolute atomic E-state index is 6.75. The Kier molecular flexibility index (Phi) is 33.4. The summed E-state index contributed by atoms with van der Waals surface area (Å²) in [5.41, 5.74) is 1.77. The summed E-state index contributed by atoms with van der Waals surface area (Å²) in [5.74, 6) is 0. The number of rotatable bonds is 18. The Balaban J connectivity index is -0.000000459. The quantitative estimate of drug-likeness (QED) is 0.168. The summed E-state index contributed by atoms with van der Waals surface area (Å²) in [4.78, 5) is 0. The van der Waals surface area contributed by atoms with Crippen LogP contribution in [0.2, 0.25) is 0 Å². The summed E-state index contributed by atoms with van der Waals surface area (Å²) in [6.07, 6.45) is 0. The Bertz CT molecular complexity index is 629. The molecule has 0 spiro atoms. The topological polar surface area (TPSA) is 95.8 Å². The van der Waals surface area contributed by atoms with Gasteiger partial charge in [0, 0.05) is 13.2 Å². The molecule has 0 saturated heterocycles. The van der Waals surface area contributed by atoms with Crippen molar-refractivity contribution in [2.45, 2.75) is 13.2 Å². The predicted octanol–water partition coefficient (Wildman–Crippen LogP) is 4.36. The Morgan fingerprint density at radius 2 is 0.795 bits per heavy atom. The van der Waals surface area contributed by atoms with E-state index in [2.05, 4.69) is 28.4 Å². The van der Waals surface area contributed by atoms with E-state index >= 15 is 0 Å². The molecule has 2 aromatic carbocycles. The van der Waals surface area contributed by atoms with Crippen molar-refractivity contribution < 1.29 is 38.6 Å². The number of hydrogen-bond acceptors (Lipinski definition) is 8. The molecule has 2 rings (SSSR count). The first-order valence-electron chi connectivity index (χ1n) is 11.0. The molecule has 39 heavy (non-hydrogen) atoms. The number of benzene rings is 2. The van der Waals surface area contributed by atoms with E-state index in [9.17, 15) is 0 Å². The van der Waals surface area contributed by atoms with Crippen molar-refractivity contribution in [3.8, 4) is 0 Å². The van der Waals surface area contributed by atoms with E-state index < -0.39 is 5.41 Å². The summed E-state index contributed by atoms with van der Waals surface area (Å²) in [6.45, 7) is 4.47. The van der Waals surface area contributed by atoms with Crippen LogP contribution in [0.25, 0.3) is 0 Å². The van der Waals surface area contributed by atoms with Gasteiger partial charge in [-0.1, -0.05) is 60.7 Å². The molecule has 0 aliphatic rings. The van der Waals surface area contributed by atoms with Crippen molar-refractivity contribution in [2.75, 3.05) is 52.9 Å². The fourth-order valence-electron chi connectivity index (χ4n) is 3.02. The van der Waals surface area contributed by atoms with E-state index in [-0.39, 0.29) is 0 Å². The zero-order chi connectivity index (χ0) is 26.0. The first kappa shape index (κ1) is 43.2. The van der Waals surface area contributed by atoms with Crippen LogP contribution in [0.15, 0.2) is 60.7 Å². The Morgan fingerprint density at radius 1 is 0.487 bits per heavy atom. The largest absolute Gasteiger partial charge is 0.569 e. The summed E-state index contributed by atoms with van der Waals surface area (Å²) >= 11 is 0. The fourth-order valence-corrected chi connectivity index (χ4v) is 3.02. The molecular weight excluding hydrogens is 1520 g/mol. The number of hydrogen-bond donors (Lipinski definition) is 2. The molecule has 0 unspecified atom stereocenters. The van der Waals surface area contributed by atoms with Gasteiger partial charge in [-0.3, -0.25) is 0 Å². The molecule has 0 atom stereocenters. The van der Waals surface area contributed by atoms with Crippen LogP contribution in [0, 0.1) is 33.9 Å². The molecule has 208 valence electrons. The van der Waals surface area contributed by atoms with Crippen LogP contribution in [0.4, 0.5) is 0 Å². The Hall–Kier alpha value is -5.88. The molecular formula is C27H40O8Rf4-4. The molecule has 0 fully saturated rings. The van der Waals surface area contributed by atoms with Gasteiger partial charge < -0.3 is 38.6 Å². The molecule has 0 aromatic heterocycles. The van der Waals surface area contributed by atoms with E-state index in [1.807, 2.05) is 60.7 Å². The van der Waals surface area contributed by atoms with Crippen molar-refractivity contribution in [2.24, 2.45) is 5.41 Å². The van der Waals surface area contributed by atoms with Gasteiger partial charge in [-0.05, 0) is 11.1 Å². The third-order valence-electron chi connectivity index (χ3n) is 4.60. The second kappa shape index (κ2) is 30.2. The van der Waals surface area contributed by atoms with Crippen molar-refractivity contribution >= 4 is 0 Å². The van der Waals surface area contributed by atoms with E-state index in [0.29, 0.717) is 66.1 Å². The van der Waals surface area contributed by atoms with Gasteiger partial charge >= 0.3 is 0 Å². The molecule has 0 radical (unpaired) electrons. The first-order valence-corrected chi connectivity index (χ1v) is 11.0. The summed E-state index contributed by atoms with van der Waals surface area (Å²) in [7, 11) is 11.5. The summed E-state index contributed by atoms with van der Waals surface area (Å²) in [5, 5.41) is 13.5. The molecule has 0 saturated carbocycles. The first-order chi connectivity index (χ1) is 17.3. The normalized spacial score (nSPS) is 9.59. The van der Waals surface area contributed by atoms with Gasteiger partial charge in [0.2, 0.25) is 0 Å². The van der Waals surface area contributed by atoms with Gasteiger partial charge in [0.1, 0.15) is 0 Å². The maximum atomic E-state index is 6.75. The molecule has 2 aromatic rings. The zero-order valence-electron chi connectivity index (χ0n) is 23.3. The van der Waals surface area contributed by atoms with Crippen LogP contribution in [0.1, 0.15) is 11.1 Å². The van der Waals surface area contributed by atoms with Crippen LogP contribution >= 0.6 is 0 Å². The summed E-state index contributed by atoms with van der Waals surface area (Å²) in [6, 6.07) is 20.1. The maximum Gasteiger partial charge on any atom is 0.0718 e. The number of aliphatic hydroxyl groups is 2. The minimum atomic E-state index is -0.498. The minimum absolute atomic E-state index is 0.